The first-order valence-corrected chi connectivity index (χ1v) is 6.64. The zero-order chi connectivity index (χ0) is 12.5. The number of carbonyl (C=O) groups excluding carboxylic acids is 1. The van der Waals surface area contributed by atoms with Crippen LogP contribution in [0.25, 0.3) is 0 Å². The molecule has 0 radical (unpaired) electrons. The van der Waals surface area contributed by atoms with E-state index in [9.17, 15) is 4.79 Å². The van der Waals surface area contributed by atoms with Gasteiger partial charge in [0.2, 0.25) is 5.91 Å². The fourth-order valence-corrected chi connectivity index (χ4v) is 2.90. The third-order valence-electron chi connectivity index (χ3n) is 3.76. The number of anilines is 1. The molecule has 1 aromatic heterocycles. The summed E-state index contributed by atoms with van der Waals surface area (Å²) in [6, 6.07) is 4.00. The minimum absolute atomic E-state index is 0.191. The summed E-state index contributed by atoms with van der Waals surface area (Å²) in [5.41, 5.74) is 0. The summed E-state index contributed by atoms with van der Waals surface area (Å²) in [6.07, 6.45) is 2.58. The number of aromatic nitrogens is 2. The Morgan fingerprint density at radius 1 is 1.33 bits per heavy atom. The maximum atomic E-state index is 11.3. The summed E-state index contributed by atoms with van der Waals surface area (Å²) in [6.45, 7) is 1.83. The smallest absolute Gasteiger partial charge is 0.220 e. The molecule has 3 rings (SSSR count). The Kier molecular flexibility index (Phi) is 3.07. The van der Waals surface area contributed by atoms with Crippen molar-refractivity contribution in [1.29, 1.82) is 0 Å². The summed E-state index contributed by atoms with van der Waals surface area (Å²) in [7, 11) is 0. The quantitative estimate of drug-likeness (QED) is 0.831. The zero-order valence-electron chi connectivity index (χ0n) is 9.97. The van der Waals surface area contributed by atoms with Crippen molar-refractivity contribution in [3.05, 3.63) is 17.3 Å². The molecular formula is C12H15ClN4O. The third-order valence-corrected chi connectivity index (χ3v) is 3.97. The summed E-state index contributed by atoms with van der Waals surface area (Å²) >= 11 is 5.74. The SMILES string of the molecule is O=C1CCC2CN(c3ccc(Cl)nn3)CCC2N1. The summed E-state index contributed by atoms with van der Waals surface area (Å²) in [5, 5.41) is 11.5. The topological polar surface area (TPSA) is 58.1 Å². The highest BCUT2D eigenvalue weighted by atomic mass is 35.5. The monoisotopic (exact) mass is 266 g/mol. The Bertz CT molecular complexity index is 450. The zero-order valence-corrected chi connectivity index (χ0v) is 10.7. The van der Waals surface area contributed by atoms with E-state index in [0.29, 0.717) is 23.5 Å². The van der Waals surface area contributed by atoms with Gasteiger partial charge in [0.15, 0.2) is 11.0 Å². The molecule has 2 fully saturated rings. The van der Waals surface area contributed by atoms with Crippen LogP contribution in [-0.4, -0.2) is 35.2 Å². The Hall–Kier alpha value is -1.36. The maximum Gasteiger partial charge on any atom is 0.220 e. The number of nitrogens with one attached hydrogen (secondary N) is 1. The molecule has 2 atom stereocenters. The molecule has 96 valence electrons. The molecule has 2 aliphatic heterocycles. The van der Waals surface area contributed by atoms with Crippen molar-refractivity contribution < 1.29 is 4.79 Å². The van der Waals surface area contributed by atoms with Crippen LogP contribution >= 0.6 is 11.6 Å². The van der Waals surface area contributed by atoms with Gasteiger partial charge in [-0.2, -0.15) is 0 Å². The largest absolute Gasteiger partial charge is 0.355 e. The third kappa shape index (κ3) is 2.27. The molecule has 0 aromatic carbocycles. The van der Waals surface area contributed by atoms with Crippen LogP contribution in [0.15, 0.2) is 12.1 Å². The van der Waals surface area contributed by atoms with Gasteiger partial charge in [-0.25, -0.2) is 0 Å². The van der Waals surface area contributed by atoms with Crippen LogP contribution in [0, 0.1) is 5.92 Å². The summed E-state index contributed by atoms with van der Waals surface area (Å²) in [5.74, 6) is 1.58. The highest BCUT2D eigenvalue weighted by Crippen LogP contribution is 2.27. The molecule has 0 aliphatic carbocycles. The van der Waals surface area contributed by atoms with Crippen molar-refractivity contribution in [2.24, 2.45) is 5.92 Å². The molecule has 1 amide bonds. The van der Waals surface area contributed by atoms with Crippen molar-refractivity contribution >= 4 is 23.3 Å². The second-order valence-corrected chi connectivity index (χ2v) is 5.31. The van der Waals surface area contributed by atoms with E-state index in [2.05, 4.69) is 20.4 Å². The molecular weight excluding hydrogens is 252 g/mol. The molecule has 2 saturated heterocycles. The van der Waals surface area contributed by atoms with Crippen LogP contribution in [0.4, 0.5) is 5.82 Å². The van der Waals surface area contributed by atoms with E-state index in [4.69, 9.17) is 11.6 Å². The van der Waals surface area contributed by atoms with Crippen molar-refractivity contribution in [3.63, 3.8) is 0 Å². The average Bonchev–Trinajstić information content (AvgIpc) is 2.39. The van der Waals surface area contributed by atoms with Crippen LogP contribution in [0.1, 0.15) is 19.3 Å². The minimum Gasteiger partial charge on any atom is -0.355 e. The lowest BCUT2D eigenvalue weighted by Gasteiger charge is -2.41. The minimum atomic E-state index is 0.191. The molecule has 2 aliphatic rings. The predicted octanol–water partition coefficient (Wildman–Crippen LogP) is 1.23. The molecule has 0 spiro atoms. The van der Waals surface area contributed by atoms with Crippen LogP contribution in [0.2, 0.25) is 5.15 Å². The van der Waals surface area contributed by atoms with Gasteiger partial charge in [0.1, 0.15) is 0 Å². The molecule has 1 N–H and O–H groups in total. The molecule has 2 unspecified atom stereocenters. The maximum absolute atomic E-state index is 11.3. The van der Waals surface area contributed by atoms with Gasteiger partial charge in [-0.15, -0.1) is 10.2 Å². The van der Waals surface area contributed by atoms with E-state index >= 15 is 0 Å². The summed E-state index contributed by atoms with van der Waals surface area (Å²) in [4.78, 5) is 13.6. The number of halogens is 1. The van der Waals surface area contributed by atoms with E-state index in [0.717, 1.165) is 31.7 Å². The highest BCUT2D eigenvalue weighted by Gasteiger charge is 2.34. The normalized spacial score (nSPS) is 27.6. The molecule has 1 aromatic rings. The Balaban J connectivity index is 1.70. The number of nitrogens with zero attached hydrogens (tertiary/aromatic N) is 3. The Labute approximate surface area is 111 Å². The van der Waals surface area contributed by atoms with Crippen molar-refractivity contribution in [2.45, 2.75) is 25.3 Å². The second-order valence-electron chi connectivity index (χ2n) is 4.92. The van der Waals surface area contributed by atoms with E-state index in [1.165, 1.54) is 0 Å². The molecule has 6 heteroatoms. The predicted molar refractivity (Wildman–Crippen MR) is 68.5 cm³/mol. The lowest BCUT2D eigenvalue weighted by molar-refractivity contribution is -0.124. The van der Waals surface area contributed by atoms with Crippen molar-refractivity contribution in [2.75, 3.05) is 18.0 Å². The van der Waals surface area contributed by atoms with E-state index < -0.39 is 0 Å². The number of carbonyl (C=O) groups is 1. The number of hydrogen-bond donors (Lipinski definition) is 1. The van der Waals surface area contributed by atoms with E-state index in [1.807, 2.05) is 6.07 Å². The standard InChI is InChI=1S/C12H15ClN4O/c13-10-2-3-11(16-15-10)17-6-5-9-8(7-17)1-4-12(18)14-9/h2-3,8-9H,1,4-7H2,(H,14,18). The van der Waals surface area contributed by atoms with Gasteiger partial charge in [0, 0.05) is 25.6 Å². The van der Waals surface area contributed by atoms with E-state index in [-0.39, 0.29) is 5.91 Å². The lowest BCUT2D eigenvalue weighted by Crippen LogP contribution is -2.54. The van der Waals surface area contributed by atoms with Crippen molar-refractivity contribution in [3.8, 4) is 0 Å². The molecule has 3 heterocycles. The number of rotatable bonds is 1. The summed E-state index contributed by atoms with van der Waals surface area (Å²) < 4.78 is 0. The van der Waals surface area contributed by atoms with Crippen LogP contribution in [0.5, 0.6) is 0 Å². The fourth-order valence-electron chi connectivity index (χ4n) is 2.80. The number of piperidine rings is 2. The van der Waals surface area contributed by atoms with Gasteiger partial charge in [-0.3, -0.25) is 4.79 Å². The van der Waals surface area contributed by atoms with Gasteiger partial charge in [0.05, 0.1) is 0 Å². The Morgan fingerprint density at radius 2 is 2.22 bits per heavy atom. The molecule has 0 saturated carbocycles. The first kappa shape index (κ1) is 11.7. The number of hydrogen-bond acceptors (Lipinski definition) is 4. The number of amides is 1. The van der Waals surface area contributed by atoms with Gasteiger partial charge < -0.3 is 10.2 Å². The van der Waals surface area contributed by atoms with Gasteiger partial charge in [0.25, 0.3) is 0 Å². The van der Waals surface area contributed by atoms with Gasteiger partial charge in [-0.05, 0) is 30.9 Å². The second kappa shape index (κ2) is 4.72. The molecule has 5 nitrogen and oxygen atoms in total. The lowest BCUT2D eigenvalue weighted by atomic mass is 9.85. The van der Waals surface area contributed by atoms with Crippen LogP contribution in [-0.2, 0) is 4.79 Å². The first-order chi connectivity index (χ1) is 8.72. The Morgan fingerprint density at radius 3 is 3.00 bits per heavy atom. The number of fused-ring (bicyclic) bond motifs is 1. The van der Waals surface area contributed by atoms with Crippen molar-refractivity contribution in [1.82, 2.24) is 15.5 Å². The fraction of sp³-hybridized carbons (Fsp3) is 0.583. The van der Waals surface area contributed by atoms with Gasteiger partial charge in [-0.1, -0.05) is 11.6 Å². The van der Waals surface area contributed by atoms with Gasteiger partial charge >= 0.3 is 0 Å². The molecule has 18 heavy (non-hydrogen) atoms. The molecule has 0 bridgehead atoms. The average molecular weight is 267 g/mol. The highest BCUT2D eigenvalue weighted by molar-refractivity contribution is 6.29. The first-order valence-electron chi connectivity index (χ1n) is 6.26. The van der Waals surface area contributed by atoms with E-state index in [1.54, 1.807) is 6.07 Å². The van der Waals surface area contributed by atoms with Crippen LogP contribution in [0.3, 0.4) is 0 Å². The van der Waals surface area contributed by atoms with Crippen LogP contribution < -0.4 is 10.2 Å².